The molecule has 0 saturated heterocycles. The second-order valence-corrected chi connectivity index (χ2v) is 8.76. The predicted octanol–water partition coefficient (Wildman–Crippen LogP) is 5.18. The summed E-state index contributed by atoms with van der Waals surface area (Å²) < 4.78 is 0. The SMILES string of the molecule is CC1(C)C2CCC1C1C(c3ccc4c(c3)CCCC4)=NC=CC12. The standard InChI is InChI=1S/C22H27N/c1-22(2)18-9-10-19(22)20-17(18)11-12-23-21(20)16-8-7-14-5-3-4-6-15(14)13-16/h7-8,11-13,17-20H,3-6,9-10H2,1-2H3. The summed E-state index contributed by atoms with van der Waals surface area (Å²) in [6.45, 7) is 5.01. The molecule has 0 spiro atoms. The Kier molecular flexibility index (Phi) is 2.93. The zero-order valence-corrected chi connectivity index (χ0v) is 14.4. The highest BCUT2D eigenvalue weighted by molar-refractivity contribution is 6.04. The van der Waals surface area contributed by atoms with Gasteiger partial charge in [-0.15, -0.1) is 0 Å². The fraction of sp³-hybridized carbons (Fsp3) is 0.591. The number of nitrogens with zero attached hydrogens (tertiary/aromatic N) is 1. The topological polar surface area (TPSA) is 12.4 Å². The molecule has 0 aromatic heterocycles. The van der Waals surface area contributed by atoms with Gasteiger partial charge < -0.3 is 0 Å². The van der Waals surface area contributed by atoms with Gasteiger partial charge in [-0.3, -0.25) is 4.99 Å². The predicted molar refractivity (Wildman–Crippen MR) is 95.7 cm³/mol. The Hall–Kier alpha value is -1.37. The highest BCUT2D eigenvalue weighted by Gasteiger charge is 2.59. The lowest BCUT2D eigenvalue weighted by Crippen LogP contribution is -2.31. The third-order valence-electron chi connectivity index (χ3n) is 7.49. The molecule has 1 aromatic carbocycles. The quantitative estimate of drug-likeness (QED) is 0.678. The van der Waals surface area contributed by atoms with Crippen LogP contribution < -0.4 is 0 Å². The Morgan fingerprint density at radius 2 is 1.78 bits per heavy atom. The van der Waals surface area contributed by atoms with E-state index in [0.29, 0.717) is 11.3 Å². The third-order valence-corrected chi connectivity index (χ3v) is 7.49. The number of rotatable bonds is 1. The van der Waals surface area contributed by atoms with E-state index in [9.17, 15) is 0 Å². The molecule has 2 fully saturated rings. The van der Waals surface area contributed by atoms with Crippen LogP contribution in [0.5, 0.6) is 0 Å². The van der Waals surface area contributed by atoms with Crippen LogP contribution in [0.1, 0.15) is 56.2 Å². The first kappa shape index (κ1) is 14.0. The third kappa shape index (κ3) is 1.89. The molecule has 0 amide bonds. The van der Waals surface area contributed by atoms with E-state index in [0.717, 1.165) is 17.8 Å². The summed E-state index contributed by atoms with van der Waals surface area (Å²) in [4.78, 5) is 4.91. The Morgan fingerprint density at radius 1 is 1.00 bits per heavy atom. The molecular weight excluding hydrogens is 278 g/mol. The molecule has 1 aliphatic heterocycles. The van der Waals surface area contributed by atoms with E-state index in [4.69, 9.17) is 4.99 Å². The lowest BCUT2D eigenvalue weighted by molar-refractivity contribution is 0.247. The molecule has 2 saturated carbocycles. The molecule has 3 aliphatic carbocycles. The van der Waals surface area contributed by atoms with Crippen LogP contribution >= 0.6 is 0 Å². The molecule has 120 valence electrons. The minimum Gasteiger partial charge on any atom is -0.261 e. The second kappa shape index (κ2) is 4.82. The van der Waals surface area contributed by atoms with Crippen molar-refractivity contribution in [3.8, 4) is 0 Å². The molecule has 1 heteroatoms. The number of aryl methyl sites for hydroxylation is 2. The maximum absolute atomic E-state index is 4.91. The summed E-state index contributed by atoms with van der Waals surface area (Å²) in [7, 11) is 0. The van der Waals surface area contributed by atoms with Crippen LogP contribution in [0.4, 0.5) is 0 Å². The number of fused-ring (bicyclic) bond motifs is 6. The van der Waals surface area contributed by atoms with E-state index in [1.807, 2.05) is 0 Å². The summed E-state index contributed by atoms with van der Waals surface area (Å²) in [5, 5.41) is 0. The van der Waals surface area contributed by atoms with Crippen molar-refractivity contribution in [3.05, 3.63) is 47.2 Å². The van der Waals surface area contributed by atoms with Gasteiger partial charge in [0.25, 0.3) is 0 Å². The number of benzene rings is 1. The zero-order valence-electron chi connectivity index (χ0n) is 14.4. The maximum atomic E-state index is 4.91. The van der Waals surface area contributed by atoms with E-state index in [-0.39, 0.29) is 0 Å². The van der Waals surface area contributed by atoms with Crippen molar-refractivity contribution in [2.24, 2.45) is 34.1 Å². The van der Waals surface area contributed by atoms with Crippen LogP contribution in [0, 0.1) is 29.1 Å². The molecule has 1 nitrogen and oxygen atoms in total. The van der Waals surface area contributed by atoms with Crippen LogP contribution in [-0.2, 0) is 12.8 Å². The molecule has 1 aromatic rings. The van der Waals surface area contributed by atoms with Gasteiger partial charge in [-0.25, -0.2) is 0 Å². The summed E-state index contributed by atoms with van der Waals surface area (Å²) in [5.41, 5.74) is 6.46. The molecular formula is C22H27N. The lowest BCUT2D eigenvalue weighted by atomic mass is 9.73. The van der Waals surface area contributed by atoms with Gasteiger partial charge in [-0.2, -0.15) is 0 Å². The fourth-order valence-electron chi connectivity index (χ4n) is 6.32. The van der Waals surface area contributed by atoms with Crippen molar-refractivity contribution in [2.45, 2.75) is 52.4 Å². The van der Waals surface area contributed by atoms with Gasteiger partial charge in [0.15, 0.2) is 0 Å². The Morgan fingerprint density at radius 3 is 2.65 bits per heavy atom. The summed E-state index contributed by atoms with van der Waals surface area (Å²) in [5.74, 6) is 3.07. The average molecular weight is 305 g/mol. The first-order valence-electron chi connectivity index (χ1n) is 9.53. The minimum atomic E-state index is 0.485. The van der Waals surface area contributed by atoms with Gasteiger partial charge in [0.05, 0.1) is 5.71 Å². The van der Waals surface area contributed by atoms with Gasteiger partial charge in [0.1, 0.15) is 0 Å². The smallest absolute Gasteiger partial charge is 0.0515 e. The van der Waals surface area contributed by atoms with Gasteiger partial charge in [-0.05, 0) is 84.5 Å². The van der Waals surface area contributed by atoms with Crippen molar-refractivity contribution in [3.63, 3.8) is 0 Å². The minimum absolute atomic E-state index is 0.485. The first-order valence-corrected chi connectivity index (χ1v) is 9.53. The van der Waals surface area contributed by atoms with Crippen molar-refractivity contribution in [1.29, 1.82) is 0 Å². The fourth-order valence-corrected chi connectivity index (χ4v) is 6.32. The normalized spacial score (nSPS) is 36.5. The van der Waals surface area contributed by atoms with Crippen LogP contribution in [-0.4, -0.2) is 5.71 Å². The number of allylic oxidation sites excluding steroid dienone is 1. The van der Waals surface area contributed by atoms with Crippen LogP contribution in [0.2, 0.25) is 0 Å². The van der Waals surface area contributed by atoms with E-state index >= 15 is 0 Å². The van der Waals surface area contributed by atoms with Crippen LogP contribution in [0.25, 0.3) is 0 Å². The Labute approximate surface area is 139 Å². The molecule has 1 heterocycles. The lowest BCUT2D eigenvalue weighted by Gasteiger charge is -2.32. The molecule has 0 radical (unpaired) electrons. The maximum Gasteiger partial charge on any atom is 0.0515 e. The molecule has 5 rings (SSSR count). The molecule has 4 atom stereocenters. The van der Waals surface area contributed by atoms with E-state index in [2.05, 4.69) is 44.3 Å². The molecule has 23 heavy (non-hydrogen) atoms. The summed E-state index contributed by atoms with van der Waals surface area (Å²) >= 11 is 0. The highest BCUT2D eigenvalue weighted by atomic mass is 14.8. The Balaban J connectivity index is 1.56. The van der Waals surface area contributed by atoms with E-state index in [1.165, 1.54) is 49.8 Å². The highest BCUT2D eigenvalue weighted by Crippen LogP contribution is 2.64. The van der Waals surface area contributed by atoms with Crippen LogP contribution in [0.15, 0.2) is 35.5 Å². The van der Waals surface area contributed by atoms with Gasteiger partial charge in [-0.1, -0.05) is 32.1 Å². The van der Waals surface area contributed by atoms with Crippen LogP contribution in [0.3, 0.4) is 0 Å². The van der Waals surface area contributed by atoms with Gasteiger partial charge >= 0.3 is 0 Å². The molecule has 4 aliphatic rings. The van der Waals surface area contributed by atoms with E-state index < -0.39 is 0 Å². The monoisotopic (exact) mass is 305 g/mol. The van der Waals surface area contributed by atoms with Crippen molar-refractivity contribution in [2.75, 3.05) is 0 Å². The number of hydrogen-bond acceptors (Lipinski definition) is 1. The van der Waals surface area contributed by atoms with Crippen molar-refractivity contribution in [1.82, 2.24) is 0 Å². The van der Waals surface area contributed by atoms with Gasteiger partial charge in [0, 0.05) is 12.1 Å². The summed E-state index contributed by atoms with van der Waals surface area (Å²) in [6, 6.07) is 7.22. The molecule has 2 bridgehead atoms. The average Bonchev–Trinajstić information content (AvgIpc) is 3.00. The van der Waals surface area contributed by atoms with Crippen molar-refractivity contribution >= 4 is 5.71 Å². The number of hydrogen-bond donors (Lipinski definition) is 0. The summed E-state index contributed by atoms with van der Waals surface area (Å²) in [6.07, 6.45) is 12.6. The largest absolute Gasteiger partial charge is 0.261 e. The molecule has 4 unspecified atom stereocenters. The van der Waals surface area contributed by atoms with Crippen molar-refractivity contribution < 1.29 is 0 Å². The Bertz CT molecular complexity index is 709. The first-order chi connectivity index (χ1) is 11.2. The molecule has 0 N–H and O–H groups in total. The number of aliphatic imine (C=N–C) groups is 1. The zero-order chi connectivity index (χ0) is 15.6. The second-order valence-electron chi connectivity index (χ2n) is 8.76. The van der Waals surface area contributed by atoms with E-state index in [1.54, 1.807) is 11.1 Å². The van der Waals surface area contributed by atoms with Gasteiger partial charge in [0.2, 0.25) is 0 Å².